The summed E-state index contributed by atoms with van der Waals surface area (Å²) in [6.07, 6.45) is 4.98. The second-order valence-electron chi connectivity index (χ2n) is 5.98. The van der Waals surface area contributed by atoms with Crippen molar-refractivity contribution in [1.82, 2.24) is 5.43 Å². The van der Waals surface area contributed by atoms with Crippen LogP contribution in [-0.2, 0) is 4.79 Å². The quantitative estimate of drug-likeness (QED) is 0.866. The van der Waals surface area contributed by atoms with Crippen LogP contribution in [0.5, 0.6) is 5.75 Å². The summed E-state index contributed by atoms with van der Waals surface area (Å²) in [7, 11) is 0. The predicted molar refractivity (Wildman–Crippen MR) is 92.7 cm³/mol. The van der Waals surface area contributed by atoms with Gasteiger partial charge in [-0.05, 0) is 55.5 Å². The van der Waals surface area contributed by atoms with E-state index in [-0.39, 0.29) is 5.91 Å². The summed E-state index contributed by atoms with van der Waals surface area (Å²) in [6.45, 7) is 1.74. The van der Waals surface area contributed by atoms with E-state index < -0.39 is 6.10 Å². The van der Waals surface area contributed by atoms with Crippen LogP contribution >= 0.6 is 0 Å². The lowest BCUT2D eigenvalue weighted by atomic mass is 9.99. The molecule has 4 nitrogen and oxygen atoms in total. The molecule has 0 spiro atoms. The lowest BCUT2D eigenvalue weighted by molar-refractivity contribution is -0.127. The van der Waals surface area contributed by atoms with E-state index in [1.807, 2.05) is 36.4 Å². The molecular formula is C19H22N2O2. The lowest BCUT2D eigenvalue weighted by Gasteiger charge is -2.15. The van der Waals surface area contributed by atoms with Crippen molar-refractivity contribution in [3.8, 4) is 5.75 Å². The van der Waals surface area contributed by atoms with E-state index in [0.29, 0.717) is 5.75 Å². The van der Waals surface area contributed by atoms with Gasteiger partial charge in [0, 0.05) is 5.71 Å². The third-order valence-electron chi connectivity index (χ3n) is 4.16. The number of carbonyl (C=O) groups excluding carboxylic acids is 1. The number of benzene rings is 2. The number of amides is 1. The van der Waals surface area contributed by atoms with Gasteiger partial charge in [0.2, 0.25) is 0 Å². The van der Waals surface area contributed by atoms with Gasteiger partial charge in [-0.1, -0.05) is 36.8 Å². The number of carbonyl (C=O) groups is 1. The molecule has 0 bridgehead atoms. The summed E-state index contributed by atoms with van der Waals surface area (Å²) in [4.78, 5) is 12.1. The molecule has 3 rings (SSSR count). The molecule has 1 atom stereocenters. The SMILES string of the molecule is C[C@H](Oc1ccc2ccccc2c1)C(=O)NN=C1CCCCC1. The molecule has 2 aromatic carbocycles. The molecule has 120 valence electrons. The zero-order valence-electron chi connectivity index (χ0n) is 13.4. The van der Waals surface area contributed by atoms with Crippen LogP contribution in [0.25, 0.3) is 10.8 Å². The van der Waals surface area contributed by atoms with Gasteiger partial charge in [-0.15, -0.1) is 0 Å². The molecule has 23 heavy (non-hydrogen) atoms. The van der Waals surface area contributed by atoms with Crippen molar-refractivity contribution in [2.24, 2.45) is 5.10 Å². The van der Waals surface area contributed by atoms with Gasteiger partial charge in [-0.2, -0.15) is 5.10 Å². The summed E-state index contributed by atoms with van der Waals surface area (Å²) in [5, 5.41) is 6.48. The highest BCUT2D eigenvalue weighted by atomic mass is 16.5. The van der Waals surface area contributed by atoms with Crippen LogP contribution in [0.1, 0.15) is 39.0 Å². The van der Waals surface area contributed by atoms with Crippen molar-refractivity contribution in [3.63, 3.8) is 0 Å². The second kappa shape index (κ2) is 7.27. The Morgan fingerprint density at radius 1 is 1.09 bits per heavy atom. The molecular weight excluding hydrogens is 288 g/mol. The average molecular weight is 310 g/mol. The first kappa shape index (κ1) is 15.5. The van der Waals surface area contributed by atoms with Crippen molar-refractivity contribution < 1.29 is 9.53 Å². The summed E-state index contributed by atoms with van der Waals surface area (Å²) < 4.78 is 5.74. The van der Waals surface area contributed by atoms with Gasteiger partial charge in [0.25, 0.3) is 5.91 Å². The van der Waals surface area contributed by atoms with Crippen molar-refractivity contribution in [2.45, 2.75) is 45.1 Å². The van der Waals surface area contributed by atoms with Crippen LogP contribution in [0.2, 0.25) is 0 Å². The molecule has 1 N–H and O–H groups in total. The topological polar surface area (TPSA) is 50.7 Å². The Balaban J connectivity index is 1.60. The number of fused-ring (bicyclic) bond motifs is 1. The number of nitrogens with zero attached hydrogens (tertiary/aromatic N) is 1. The maximum atomic E-state index is 12.1. The molecule has 0 heterocycles. The summed E-state index contributed by atoms with van der Waals surface area (Å²) in [5.74, 6) is 0.480. The van der Waals surface area contributed by atoms with E-state index in [1.165, 1.54) is 6.42 Å². The molecule has 0 saturated heterocycles. The Bertz CT molecular complexity index is 716. The summed E-state index contributed by atoms with van der Waals surface area (Å²) in [5.41, 5.74) is 3.72. The predicted octanol–water partition coefficient (Wildman–Crippen LogP) is 4.04. The molecule has 0 aliphatic heterocycles. The van der Waals surface area contributed by atoms with E-state index in [1.54, 1.807) is 6.92 Å². The highest BCUT2D eigenvalue weighted by molar-refractivity contribution is 5.88. The Labute approximate surface area is 136 Å². The fourth-order valence-electron chi connectivity index (χ4n) is 2.80. The minimum absolute atomic E-state index is 0.212. The third-order valence-corrected chi connectivity index (χ3v) is 4.16. The molecule has 1 aliphatic carbocycles. The van der Waals surface area contributed by atoms with E-state index in [2.05, 4.69) is 16.6 Å². The smallest absolute Gasteiger partial charge is 0.280 e. The normalized spacial score (nSPS) is 16.0. The molecule has 2 aromatic rings. The standard InChI is InChI=1S/C19H22N2O2/c1-14(19(22)21-20-17-9-3-2-4-10-17)23-18-12-11-15-7-5-6-8-16(15)13-18/h5-8,11-14H,2-4,9-10H2,1H3,(H,21,22)/t14-/m0/s1. The first-order chi connectivity index (χ1) is 11.2. The average Bonchev–Trinajstić information content (AvgIpc) is 2.60. The number of ether oxygens (including phenoxy) is 1. The molecule has 0 unspecified atom stereocenters. The molecule has 0 radical (unpaired) electrons. The lowest BCUT2D eigenvalue weighted by Crippen LogP contribution is -2.34. The molecule has 1 amide bonds. The molecule has 1 saturated carbocycles. The number of hydrogen-bond acceptors (Lipinski definition) is 3. The van der Waals surface area contributed by atoms with E-state index in [4.69, 9.17) is 4.74 Å². The van der Waals surface area contributed by atoms with Crippen LogP contribution < -0.4 is 10.2 Å². The van der Waals surface area contributed by atoms with Crippen molar-refractivity contribution >= 4 is 22.4 Å². The largest absolute Gasteiger partial charge is 0.481 e. The number of hydrazone groups is 1. The molecule has 1 fully saturated rings. The van der Waals surface area contributed by atoms with Crippen LogP contribution in [0.4, 0.5) is 0 Å². The van der Waals surface area contributed by atoms with Gasteiger partial charge in [-0.3, -0.25) is 4.79 Å². The number of rotatable bonds is 4. The van der Waals surface area contributed by atoms with E-state index >= 15 is 0 Å². The Hall–Kier alpha value is -2.36. The van der Waals surface area contributed by atoms with Gasteiger partial charge in [0.15, 0.2) is 6.10 Å². The Kier molecular flexibility index (Phi) is 4.91. The van der Waals surface area contributed by atoms with Crippen LogP contribution in [-0.4, -0.2) is 17.7 Å². The highest BCUT2D eigenvalue weighted by Gasteiger charge is 2.15. The maximum Gasteiger partial charge on any atom is 0.280 e. The summed E-state index contributed by atoms with van der Waals surface area (Å²) in [6, 6.07) is 13.9. The van der Waals surface area contributed by atoms with Gasteiger partial charge in [0.1, 0.15) is 5.75 Å². The van der Waals surface area contributed by atoms with Crippen molar-refractivity contribution in [2.75, 3.05) is 0 Å². The van der Waals surface area contributed by atoms with Crippen molar-refractivity contribution in [1.29, 1.82) is 0 Å². The Morgan fingerprint density at radius 2 is 1.83 bits per heavy atom. The molecule has 0 aromatic heterocycles. The van der Waals surface area contributed by atoms with Crippen LogP contribution in [0.15, 0.2) is 47.6 Å². The van der Waals surface area contributed by atoms with Gasteiger partial charge in [-0.25, -0.2) is 5.43 Å². The minimum atomic E-state index is -0.580. The summed E-state index contributed by atoms with van der Waals surface area (Å²) >= 11 is 0. The second-order valence-corrected chi connectivity index (χ2v) is 5.98. The van der Waals surface area contributed by atoms with Crippen LogP contribution in [0, 0.1) is 0 Å². The highest BCUT2D eigenvalue weighted by Crippen LogP contribution is 2.21. The van der Waals surface area contributed by atoms with Gasteiger partial charge in [0.05, 0.1) is 0 Å². The maximum absolute atomic E-state index is 12.1. The number of hydrogen-bond donors (Lipinski definition) is 1. The first-order valence-corrected chi connectivity index (χ1v) is 8.23. The Morgan fingerprint density at radius 3 is 2.61 bits per heavy atom. The fourth-order valence-corrected chi connectivity index (χ4v) is 2.80. The molecule has 1 aliphatic rings. The zero-order valence-corrected chi connectivity index (χ0v) is 13.4. The molecule has 4 heteroatoms. The van der Waals surface area contributed by atoms with E-state index in [0.717, 1.165) is 42.2 Å². The first-order valence-electron chi connectivity index (χ1n) is 8.23. The van der Waals surface area contributed by atoms with Gasteiger partial charge >= 0.3 is 0 Å². The fraction of sp³-hybridized carbons (Fsp3) is 0.368. The van der Waals surface area contributed by atoms with Crippen LogP contribution in [0.3, 0.4) is 0 Å². The van der Waals surface area contributed by atoms with Gasteiger partial charge < -0.3 is 4.74 Å². The minimum Gasteiger partial charge on any atom is -0.481 e. The van der Waals surface area contributed by atoms with Crippen molar-refractivity contribution in [3.05, 3.63) is 42.5 Å². The van der Waals surface area contributed by atoms with E-state index in [9.17, 15) is 4.79 Å². The zero-order chi connectivity index (χ0) is 16.1. The third kappa shape index (κ3) is 4.09. The number of nitrogens with one attached hydrogen (secondary N) is 1. The monoisotopic (exact) mass is 310 g/mol.